The van der Waals surface area contributed by atoms with Crippen LogP contribution in [0.5, 0.6) is 0 Å². The van der Waals surface area contributed by atoms with E-state index in [1.807, 2.05) is 4.90 Å². The van der Waals surface area contributed by atoms with Gasteiger partial charge in [0.05, 0.1) is 11.9 Å². The third-order valence-electron chi connectivity index (χ3n) is 5.71. The Morgan fingerprint density at radius 1 is 1.17 bits per heavy atom. The van der Waals surface area contributed by atoms with Crippen molar-refractivity contribution in [3.8, 4) is 0 Å². The summed E-state index contributed by atoms with van der Waals surface area (Å²) in [5.41, 5.74) is 0.196. The van der Waals surface area contributed by atoms with E-state index in [0.717, 1.165) is 58.3 Å². The normalized spacial score (nSPS) is 31.3. The molecule has 1 amide bonds. The number of hydrogen-bond acceptors (Lipinski definition) is 5. The lowest BCUT2D eigenvalue weighted by Crippen LogP contribution is -2.61. The van der Waals surface area contributed by atoms with Crippen LogP contribution in [0, 0.1) is 11.3 Å². The molecule has 1 spiro atoms. The van der Waals surface area contributed by atoms with Crippen LogP contribution in [0.4, 0.5) is 0 Å². The van der Waals surface area contributed by atoms with Crippen molar-refractivity contribution < 1.29 is 18.3 Å². The molecule has 2 heterocycles. The highest BCUT2D eigenvalue weighted by Crippen LogP contribution is 2.41. The Balaban J connectivity index is 1.44. The summed E-state index contributed by atoms with van der Waals surface area (Å²) >= 11 is 0. The number of amides is 1. The van der Waals surface area contributed by atoms with E-state index >= 15 is 0 Å². The van der Waals surface area contributed by atoms with Crippen LogP contribution in [0.15, 0.2) is 0 Å². The molecule has 0 aromatic heterocycles. The van der Waals surface area contributed by atoms with E-state index in [1.54, 1.807) is 0 Å². The fraction of sp³-hybridized carbons (Fsp3) is 0.938. The summed E-state index contributed by atoms with van der Waals surface area (Å²) in [6, 6.07) is 0. The van der Waals surface area contributed by atoms with Crippen molar-refractivity contribution in [2.45, 2.75) is 38.2 Å². The maximum Gasteiger partial charge on any atom is 0.225 e. The third-order valence-corrected chi connectivity index (χ3v) is 6.63. The number of likely N-dealkylation sites (tertiary alicyclic amines) is 2. The summed E-state index contributed by atoms with van der Waals surface area (Å²) in [5.74, 6) is 0.575. The molecule has 23 heavy (non-hydrogen) atoms. The van der Waals surface area contributed by atoms with Crippen LogP contribution >= 0.6 is 0 Å². The van der Waals surface area contributed by atoms with Gasteiger partial charge in [-0.15, -0.1) is 0 Å². The summed E-state index contributed by atoms with van der Waals surface area (Å²) in [5, 5.41) is 9.55. The van der Waals surface area contributed by atoms with Gasteiger partial charge < -0.3 is 14.9 Å². The second-order valence-electron chi connectivity index (χ2n) is 7.86. The monoisotopic (exact) mass is 344 g/mol. The number of rotatable bonds is 4. The third kappa shape index (κ3) is 4.06. The van der Waals surface area contributed by atoms with Crippen molar-refractivity contribution in [3.63, 3.8) is 0 Å². The Labute approximate surface area is 138 Å². The summed E-state index contributed by atoms with van der Waals surface area (Å²) in [7, 11) is -2.91. The van der Waals surface area contributed by atoms with Gasteiger partial charge in [0.1, 0.15) is 9.84 Å². The van der Waals surface area contributed by atoms with Gasteiger partial charge in [-0.3, -0.25) is 4.79 Å². The summed E-state index contributed by atoms with van der Waals surface area (Å²) in [6.45, 7) is 4.10. The van der Waals surface area contributed by atoms with Crippen LogP contribution in [-0.4, -0.2) is 80.1 Å². The minimum atomic E-state index is -2.91. The molecular formula is C16H28N2O4S. The fourth-order valence-electron chi connectivity index (χ4n) is 4.27. The number of nitrogens with zero attached hydrogens (tertiary/aromatic N) is 2. The number of aliphatic hydroxyl groups excluding tert-OH is 1. The lowest BCUT2D eigenvalue weighted by Gasteiger charge is -2.49. The van der Waals surface area contributed by atoms with Crippen molar-refractivity contribution >= 4 is 15.7 Å². The zero-order valence-corrected chi connectivity index (χ0v) is 14.7. The molecule has 0 unspecified atom stereocenters. The molecule has 132 valence electrons. The average molecular weight is 344 g/mol. The van der Waals surface area contributed by atoms with Gasteiger partial charge in [0.25, 0.3) is 0 Å². The van der Waals surface area contributed by atoms with Crippen LogP contribution in [0.1, 0.15) is 32.1 Å². The Hall–Kier alpha value is -0.660. The molecular weight excluding hydrogens is 316 g/mol. The van der Waals surface area contributed by atoms with E-state index in [0.29, 0.717) is 6.54 Å². The SMILES string of the molecule is CS(=O)(=O)CCN1CCC2(C1)CN(C(=O)C1CCC(O)CC1)C2. The molecule has 1 aliphatic carbocycles. The van der Waals surface area contributed by atoms with Crippen LogP contribution < -0.4 is 0 Å². The summed E-state index contributed by atoms with van der Waals surface area (Å²) < 4.78 is 22.5. The van der Waals surface area contributed by atoms with Gasteiger partial charge in [-0.05, 0) is 38.6 Å². The van der Waals surface area contributed by atoms with Gasteiger partial charge >= 0.3 is 0 Å². The lowest BCUT2D eigenvalue weighted by molar-refractivity contribution is -0.149. The predicted octanol–water partition coefficient (Wildman–Crippen LogP) is 0.116. The molecule has 0 aromatic rings. The maximum atomic E-state index is 12.5. The van der Waals surface area contributed by atoms with Gasteiger partial charge in [0, 0.05) is 43.8 Å². The molecule has 6 nitrogen and oxygen atoms in total. The van der Waals surface area contributed by atoms with E-state index in [-0.39, 0.29) is 29.1 Å². The highest BCUT2D eigenvalue weighted by Gasteiger charge is 2.50. The largest absolute Gasteiger partial charge is 0.393 e. The van der Waals surface area contributed by atoms with Gasteiger partial charge in [-0.2, -0.15) is 0 Å². The molecule has 0 aromatic carbocycles. The van der Waals surface area contributed by atoms with Gasteiger partial charge in [-0.1, -0.05) is 0 Å². The first-order chi connectivity index (χ1) is 10.8. The second-order valence-corrected chi connectivity index (χ2v) is 10.1. The van der Waals surface area contributed by atoms with Crippen LogP contribution in [0.2, 0.25) is 0 Å². The zero-order chi connectivity index (χ0) is 16.7. The van der Waals surface area contributed by atoms with Gasteiger partial charge in [0.15, 0.2) is 0 Å². The quantitative estimate of drug-likeness (QED) is 0.784. The van der Waals surface area contributed by atoms with Crippen LogP contribution in [0.25, 0.3) is 0 Å². The minimum Gasteiger partial charge on any atom is -0.393 e. The Bertz CT molecular complexity index is 548. The van der Waals surface area contributed by atoms with E-state index in [4.69, 9.17) is 0 Å². The molecule has 0 atom stereocenters. The first-order valence-corrected chi connectivity index (χ1v) is 10.7. The van der Waals surface area contributed by atoms with Crippen LogP contribution in [0.3, 0.4) is 0 Å². The van der Waals surface area contributed by atoms with Crippen molar-refractivity contribution in [3.05, 3.63) is 0 Å². The first-order valence-electron chi connectivity index (χ1n) is 8.63. The van der Waals surface area contributed by atoms with Crippen molar-refractivity contribution in [2.24, 2.45) is 11.3 Å². The zero-order valence-electron chi connectivity index (χ0n) is 13.9. The molecule has 0 bridgehead atoms. The van der Waals surface area contributed by atoms with E-state index < -0.39 is 9.84 Å². The Kier molecular flexibility index (Phi) is 4.73. The molecule has 7 heteroatoms. The number of hydrogen-bond donors (Lipinski definition) is 1. The highest BCUT2D eigenvalue weighted by atomic mass is 32.2. The van der Waals surface area contributed by atoms with Crippen molar-refractivity contribution in [1.82, 2.24) is 9.80 Å². The number of carbonyl (C=O) groups excluding carboxylic acids is 1. The second kappa shape index (κ2) is 6.33. The maximum absolute atomic E-state index is 12.5. The van der Waals surface area contributed by atoms with E-state index in [2.05, 4.69) is 4.90 Å². The van der Waals surface area contributed by atoms with E-state index in [1.165, 1.54) is 6.26 Å². The molecule has 3 aliphatic rings. The number of carbonyl (C=O) groups is 1. The molecule has 3 rings (SSSR count). The minimum absolute atomic E-state index is 0.0958. The fourth-order valence-corrected chi connectivity index (χ4v) is 4.86. The topological polar surface area (TPSA) is 77.9 Å². The summed E-state index contributed by atoms with van der Waals surface area (Å²) in [4.78, 5) is 16.7. The molecule has 2 saturated heterocycles. The van der Waals surface area contributed by atoms with Gasteiger partial charge in [-0.25, -0.2) is 8.42 Å². The predicted molar refractivity (Wildman–Crippen MR) is 87.7 cm³/mol. The molecule has 0 radical (unpaired) electrons. The average Bonchev–Trinajstić information content (AvgIpc) is 2.87. The lowest BCUT2D eigenvalue weighted by atomic mass is 9.77. The number of sulfone groups is 1. The van der Waals surface area contributed by atoms with Crippen LogP contribution in [-0.2, 0) is 14.6 Å². The first kappa shape index (κ1) is 17.2. The highest BCUT2D eigenvalue weighted by molar-refractivity contribution is 7.90. The summed E-state index contributed by atoms with van der Waals surface area (Å²) in [6.07, 6.45) is 5.23. The molecule has 1 saturated carbocycles. The Morgan fingerprint density at radius 2 is 1.83 bits per heavy atom. The van der Waals surface area contributed by atoms with E-state index in [9.17, 15) is 18.3 Å². The van der Waals surface area contributed by atoms with Gasteiger partial charge in [0.2, 0.25) is 5.91 Å². The van der Waals surface area contributed by atoms with Crippen molar-refractivity contribution in [2.75, 3.05) is 44.7 Å². The molecule has 2 aliphatic heterocycles. The number of aliphatic hydroxyl groups is 1. The Morgan fingerprint density at radius 3 is 2.43 bits per heavy atom. The van der Waals surface area contributed by atoms with Crippen molar-refractivity contribution in [1.29, 1.82) is 0 Å². The standard InChI is InChI=1S/C16H28N2O4S/c1-23(21,22)9-8-17-7-6-16(10-17)11-18(12-16)15(20)13-2-4-14(19)5-3-13/h13-14,19H,2-12H2,1H3. The molecule has 3 fully saturated rings. The smallest absolute Gasteiger partial charge is 0.225 e. The molecule has 1 N–H and O–H groups in total.